The number of carbonyl (C=O) groups is 1. The molecule has 22 heavy (non-hydrogen) atoms. The molecular formula is C14H12N4O4. The number of allylic oxidation sites excluding steroid dienone is 1. The van der Waals surface area contributed by atoms with Crippen molar-refractivity contribution in [2.45, 2.75) is 6.92 Å². The van der Waals surface area contributed by atoms with Crippen molar-refractivity contribution in [3.05, 3.63) is 68.6 Å². The molecule has 3 N–H and O–H groups in total. The minimum Gasteiger partial charge on any atom is -0.505 e. The number of ketones is 1. The van der Waals surface area contributed by atoms with E-state index in [1.807, 2.05) is 4.98 Å². The van der Waals surface area contributed by atoms with E-state index in [0.717, 1.165) is 6.20 Å². The van der Waals surface area contributed by atoms with E-state index in [9.17, 15) is 19.5 Å². The van der Waals surface area contributed by atoms with E-state index in [1.165, 1.54) is 6.92 Å². The van der Waals surface area contributed by atoms with Gasteiger partial charge in [0.15, 0.2) is 22.9 Å². The number of aliphatic hydroxyl groups is 1. The molecule has 0 fully saturated rings. The van der Waals surface area contributed by atoms with Gasteiger partial charge < -0.3 is 10.1 Å². The van der Waals surface area contributed by atoms with Crippen LogP contribution in [-0.4, -0.2) is 20.9 Å². The van der Waals surface area contributed by atoms with Crippen molar-refractivity contribution in [3.8, 4) is 0 Å². The number of aliphatic hydroxyl groups excluding tert-OH is 1. The first-order chi connectivity index (χ1) is 10.5. The zero-order valence-electron chi connectivity index (χ0n) is 11.5. The van der Waals surface area contributed by atoms with Gasteiger partial charge in [-0.15, -0.1) is 10.2 Å². The predicted molar refractivity (Wildman–Crippen MR) is 78.9 cm³/mol. The molecule has 112 valence electrons. The average Bonchev–Trinajstić information content (AvgIpc) is 2.49. The van der Waals surface area contributed by atoms with Gasteiger partial charge in [-0.2, -0.15) is 0 Å². The number of H-pyrrole nitrogens is 2. The second kappa shape index (κ2) is 6.44. The van der Waals surface area contributed by atoms with Crippen molar-refractivity contribution in [3.63, 3.8) is 0 Å². The van der Waals surface area contributed by atoms with E-state index in [-0.39, 0.29) is 17.1 Å². The van der Waals surface area contributed by atoms with Gasteiger partial charge in [0, 0.05) is 18.7 Å². The molecule has 2 rings (SSSR count). The van der Waals surface area contributed by atoms with Crippen molar-refractivity contribution in [1.82, 2.24) is 9.97 Å². The first-order valence-electron chi connectivity index (χ1n) is 6.22. The average molecular weight is 300 g/mol. The van der Waals surface area contributed by atoms with Crippen LogP contribution in [0.25, 0.3) is 5.76 Å². The number of nitrogens with one attached hydrogen (secondary N) is 2. The fraction of sp³-hybridized carbons (Fsp3) is 0.0714. The number of nitrogens with zero attached hydrogens (tertiary/aromatic N) is 2. The molecule has 0 saturated carbocycles. The van der Waals surface area contributed by atoms with Crippen LogP contribution in [0.5, 0.6) is 0 Å². The number of aromatic amines is 2. The molecule has 0 spiro atoms. The highest BCUT2D eigenvalue weighted by molar-refractivity contribution is 5.99. The molecule has 0 bridgehead atoms. The summed E-state index contributed by atoms with van der Waals surface area (Å²) >= 11 is 0. The zero-order valence-corrected chi connectivity index (χ0v) is 11.5. The summed E-state index contributed by atoms with van der Waals surface area (Å²) < 4.78 is 0. The fourth-order valence-electron chi connectivity index (χ4n) is 1.60. The van der Waals surface area contributed by atoms with Gasteiger partial charge in [-0.05, 0) is 0 Å². The first-order valence-corrected chi connectivity index (χ1v) is 6.22. The van der Waals surface area contributed by atoms with Gasteiger partial charge in [0.05, 0.1) is 0 Å². The zero-order chi connectivity index (χ0) is 16.1. The molecule has 1 aromatic heterocycles. The largest absolute Gasteiger partial charge is 0.505 e. The van der Waals surface area contributed by atoms with Crippen LogP contribution in [0.15, 0.2) is 62.0 Å². The van der Waals surface area contributed by atoms with Crippen LogP contribution in [0.3, 0.4) is 0 Å². The summed E-state index contributed by atoms with van der Waals surface area (Å²) in [6.07, 6.45) is 1.06. The Labute approximate surface area is 123 Å². The molecule has 0 amide bonds. The van der Waals surface area contributed by atoms with E-state index in [4.69, 9.17) is 0 Å². The minimum absolute atomic E-state index is 0.195. The van der Waals surface area contributed by atoms with Gasteiger partial charge in [-0.25, -0.2) is 4.79 Å². The van der Waals surface area contributed by atoms with Crippen molar-refractivity contribution in [2.24, 2.45) is 10.2 Å². The standard InChI is InChI=1S/C14H12N4O4/c1-8(19)11(12(20)9-5-3-2-4-6-9)18-17-10-7-15-14(22)16-13(10)21/h2-7,20H,1H3,(H2,15,16,21,22). The molecule has 1 heterocycles. The molecule has 0 radical (unpaired) electrons. The predicted octanol–water partition coefficient (Wildman–Crippen LogP) is 1.66. The number of hydrogen-bond donors (Lipinski definition) is 3. The van der Waals surface area contributed by atoms with Crippen LogP contribution in [0.2, 0.25) is 0 Å². The Morgan fingerprint density at radius 1 is 1.18 bits per heavy atom. The third-order valence-corrected chi connectivity index (χ3v) is 2.66. The van der Waals surface area contributed by atoms with Gasteiger partial charge in [-0.1, -0.05) is 30.3 Å². The van der Waals surface area contributed by atoms with Crippen LogP contribution in [0.4, 0.5) is 5.69 Å². The van der Waals surface area contributed by atoms with Crippen LogP contribution in [0.1, 0.15) is 12.5 Å². The number of azo groups is 1. The smallest absolute Gasteiger partial charge is 0.325 e. The van der Waals surface area contributed by atoms with E-state index in [2.05, 4.69) is 15.2 Å². The molecule has 0 saturated heterocycles. The van der Waals surface area contributed by atoms with E-state index in [1.54, 1.807) is 30.3 Å². The first kappa shape index (κ1) is 15.1. The highest BCUT2D eigenvalue weighted by atomic mass is 16.3. The number of Topliss-reactive ketones (excluding diaryl/α,β-unsaturated/α-hetero) is 1. The molecule has 0 unspecified atom stereocenters. The Hall–Kier alpha value is -3.29. The number of carbonyl (C=O) groups excluding carboxylic acids is 1. The van der Waals surface area contributed by atoms with Crippen LogP contribution < -0.4 is 11.2 Å². The van der Waals surface area contributed by atoms with E-state index >= 15 is 0 Å². The maximum Gasteiger partial charge on any atom is 0.325 e. The van der Waals surface area contributed by atoms with Gasteiger partial charge in [0.2, 0.25) is 0 Å². The van der Waals surface area contributed by atoms with E-state index in [0.29, 0.717) is 5.56 Å². The third kappa shape index (κ3) is 3.42. The summed E-state index contributed by atoms with van der Waals surface area (Å²) in [6.45, 7) is 1.21. The topological polar surface area (TPSA) is 128 Å². The maximum absolute atomic E-state index is 11.6. The number of hydrogen-bond acceptors (Lipinski definition) is 6. The molecule has 8 heteroatoms. The maximum atomic E-state index is 11.6. The lowest BCUT2D eigenvalue weighted by atomic mass is 10.1. The molecule has 0 atom stereocenters. The molecule has 0 aliphatic rings. The summed E-state index contributed by atoms with van der Waals surface area (Å²) in [5.41, 5.74) is -1.54. The number of benzene rings is 1. The quantitative estimate of drug-likeness (QED) is 0.450. The van der Waals surface area contributed by atoms with Crippen molar-refractivity contribution >= 4 is 17.2 Å². The highest BCUT2D eigenvalue weighted by Gasteiger charge is 2.12. The molecule has 1 aromatic carbocycles. The second-order valence-electron chi connectivity index (χ2n) is 4.28. The van der Waals surface area contributed by atoms with Crippen LogP contribution >= 0.6 is 0 Å². The summed E-state index contributed by atoms with van der Waals surface area (Å²) in [6, 6.07) is 8.33. The summed E-state index contributed by atoms with van der Waals surface area (Å²) in [4.78, 5) is 38.2. The Morgan fingerprint density at radius 2 is 1.86 bits per heavy atom. The van der Waals surface area contributed by atoms with Gasteiger partial charge >= 0.3 is 5.69 Å². The number of aromatic nitrogens is 2. The normalized spacial score (nSPS) is 12.2. The molecule has 0 aliphatic heterocycles. The lowest BCUT2D eigenvalue weighted by molar-refractivity contribution is -0.113. The summed E-state index contributed by atoms with van der Waals surface area (Å²) in [5.74, 6) is -0.872. The van der Waals surface area contributed by atoms with Gasteiger partial charge in [0.25, 0.3) is 5.56 Å². The molecule has 8 nitrogen and oxygen atoms in total. The summed E-state index contributed by atoms with van der Waals surface area (Å²) in [5, 5.41) is 17.3. The number of rotatable bonds is 4. The van der Waals surface area contributed by atoms with Crippen molar-refractivity contribution in [1.29, 1.82) is 0 Å². The SMILES string of the molecule is CC(=O)C(N=Nc1c[nH]c(=O)[nH]c1=O)=C(O)c1ccccc1. The Kier molecular flexibility index (Phi) is 4.42. The van der Waals surface area contributed by atoms with Gasteiger partial charge in [0.1, 0.15) is 0 Å². The molecular weight excluding hydrogens is 288 g/mol. The molecule has 2 aromatic rings. The van der Waals surface area contributed by atoms with Crippen molar-refractivity contribution in [2.75, 3.05) is 0 Å². The molecule has 0 aliphatic carbocycles. The van der Waals surface area contributed by atoms with E-state index < -0.39 is 17.0 Å². The van der Waals surface area contributed by atoms with Crippen LogP contribution in [-0.2, 0) is 4.79 Å². The van der Waals surface area contributed by atoms with Gasteiger partial charge in [-0.3, -0.25) is 14.6 Å². The minimum atomic E-state index is -0.755. The lowest BCUT2D eigenvalue weighted by Gasteiger charge is -2.02. The Balaban J connectivity index is 2.46. The highest BCUT2D eigenvalue weighted by Crippen LogP contribution is 2.18. The fourth-order valence-corrected chi connectivity index (χ4v) is 1.60. The second-order valence-corrected chi connectivity index (χ2v) is 4.28. The van der Waals surface area contributed by atoms with Crippen LogP contribution in [0, 0.1) is 0 Å². The Bertz CT molecular complexity index is 862. The monoisotopic (exact) mass is 300 g/mol. The lowest BCUT2D eigenvalue weighted by Crippen LogP contribution is -2.20. The summed E-state index contributed by atoms with van der Waals surface area (Å²) in [7, 11) is 0. The Morgan fingerprint density at radius 3 is 2.45 bits per heavy atom. The third-order valence-electron chi connectivity index (χ3n) is 2.66. The van der Waals surface area contributed by atoms with Crippen molar-refractivity contribution < 1.29 is 9.90 Å².